The molecule has 2 aliphatic rings. The summed E-state index contributed by atoms with van der Waals surface area (Å²) in [5.41, 5.74) is -0.451. The van der Waals surface area contributed by atoms with Gasteiger partial charge in [0, 0.05) is 28.9 Å². The van der Waals surface area contributed by atoms with Crippen LogP contribution in [0.1, 0.15) is 22.3 Å². The second kappa shape index (κ2) is 8.74. The number of amidine groups is 1. The number of carbonyl (C=O) groups is 1. The van der Waals surface area contributed by atoms with E-state index in [2.05, 4.69) is 21.2 Å². The minimum Gasteiger partial charge on any atom is -0.394 e. The normalized spacial score (nSPS) is 25.9. The van der Waals surface area contributed by atoms with E-state index in [4.69, 9.17) is 9.73 Å². The molecule has 5 nitrogen and oxygen atoms in total. The zero-order valence-electron chi connectivity index (χ0n) is 15.8. The first-order chi connectivity index (χ1) is 14.4. The van der Waals surface area contributed by atoms with E-state index in [1.165, 1.54) is 17.8 Å². The van der Waals surface area contributed by atoms with E-state index in [1.54, 1.807) is 24.3 Å². The number of thioether (sulfide) groups is 1. The van der Waals surface area contributed by atoms with Crippen LogP contribution in [0.15, 0.2) is 51.9 Å². The Hall–Kier alpha value is -1.81. The molecule has 2 heterocycles. The fraction of sp³-hybridized carbons (Fsp3) is 0.333. The fourth-order valence-electron chi connectivity index (χ4n) is 3.83. The molecule has 2 aromatic carbocycles. The van der Waals surface area contributed by atoms with Crippen molar-refractivity contribution >= 4 is 38.8 Å². The highest BCUT2D eigenvalue weighted by Gasteiger charge is 2.50. The Balaban J connectivity index is 1.73. The van der Waals surface area contributed by atoms with Crippen LogP contribution >= 0.6 is 27.7 Å². The molecule has 0 aromatic heterocycles. The molecule has 0 saturated carbocycles. The zero-order valence-corrected chi connectivity index (χ0v) is 18.2. The highest BCUT2D eigenvalue weighted by Crippen LogP contribution is 2.47. The van der Waals surface area contributed by atoms with E-state index in [0.29, 0.717) is 22.9 Å². The molecule has 30 heavy (non-hydrogen) atoms. The van der Waals surface area contributed by atoms with Crippen molar-refractivity contribution in [3.05, 3.63) is 69.7 Å². The second-order valence-electron chi connectivity index (χ2n) is 7.27. The summed E-state index contributed by atoms with van der Waals surface area (Å²) < 4.78 is 34.6. The minimum absolute atomic E-state index is 0.0170. The summed E-state index contributed by atoms with van der Waals surface area (Å²) >= 11 is 4.49. The number of aliphatic hydroxyl groups is 1. The molecule has 1 amide bonds. The lowest BCUT2D eigenvalue weighted by Crippen LogP contribution is -2.52. The molecule has 1 fully saturated rings. The van der Waals surface area contributed by atoms with Crippen molar-refractivity contribution in [1.82, 2.24) is 5.32 Å². The zero-order chi connectivity index (χ0) is 21.3. The fourth-order valence-corrected chi connectivity index (χ4v) is 5.33. The van der Waals surface area contributed by atoms with Crippen molar-refractivity contribution in [2.75, 3.05) is 19.0 Å². The maximum Gasteiger partial charge on any atom is 0.257 e. The van der Waals surface area contributed by atoms with Gasteiger partial charge in [-0.1, -0.05) is 30.0 Å². The quantitative estimate of drug-likeness (QED) is 0.633. The third-order valence-corrected chi connectivity index (χ3v) is 7.06. The number of amides is 1. The number of hydrogen-bond acceptors (Lipinski definition) is 5. The first-order valence-corrected chi connectivity index (χ1v) is 11.2. The summed E-state index contributed by atoms with van der Waals surface area (Å²) in [6, 6.07) is 10.9. The van der Waals surface area contributed by atoms with Gasteiger partial charge in [-0.2, -0.15) is 0 Å². The monoisotopic (exact) mass is 496 g/mol. The van der Waals surface area contributed by atoms with Crippen molar-refractivity contribution in [3.8, 4) is 0 Å². The van der Waals surface area contributed by atoms with E-state index < -0.39 is 17.2 Å². The number of aliphatic hydroxyl groups excluding tert-OH is 1. The number of carbonyl (C=O) groups excluding carboxylic acids is 1. The number of benzene rings is 2. The van der Waals surface area contributed by atoms with Gasteiger partial charge in [0.15, 0.2) is 5.17 Å². The average molecular weight is 497 g/mol. The molecule has 9 heteroatoms. The third-order valence-electron chi connectivity index (χ3n) is 5.42. The summed E-state index contributed by atoms with van der Waals surface area (Å²) in [6.07, 6.45) is 0.104. The average Bonchev–Trinajstić information content (AvgIpc) is 2.76. The van der Waals surface area contributed by atoms with E-state index in [1.807, 2.05) is 6.07 Å². The second-order valence-corrected chi connectivity index (χ2v) is 9.13. The molecule has 3 atom stereocenters. The van der Waals surface area contributed by atoms with Gasteiger partial charge in [0.05, 0.1) is 23.8 Å². The number of halogens is 3. The molecule has 0 spiro atoms. The molecule has 0 bridgehead atoms. The van der Waals surface area contributed by atoms with Crippen molar-refractivity contribution in [3.63, 3.8) is 0 Å². The Morgan fingerprint density at radius 2 is 2.07 bits per heavy atom. The Kier molecular flexibility index (Phi) is 6.24. The molecule has 4 rings (SSSR count). The maximum absolute atomic E-state index is 14.9. The molecule has 0 radical (unpaired) electrons. The molecule has 2 aromatic rings. The molecule has 158 valence electrons. The van der Waals surface area contributed by atoms with Crippen LogP contribution in [0.4, 0.5) is 8.78 Å². The lowest BCUT2D eigenvalue weighted by molar-refractivity contribution is -0.0771. The SMILES string of the molecule is O=C(NC1=NC2(c3cc(Br)c(F)cc3F)COC(CO)CC2CS1)c1ccccc1. The lowest BCUT2D eigenvalue weighted by Gasteiger charge is -2.46. The highest BCUT2D eigenvalue weighted by atomic mass is 79.9. The first kappa shape index (κ1) is 21.4. The van der Waals surface area contributed by atoms with Gasteiger partial charge in [-0.25, -0.2) is 13.8 Å². The summed E-state index contributed by atoms with van der Waals surface area (Å²) in [5.74, 6) is -1.36. The largest absolute Gasteiger partial charge is 0.394 e. The molecular weight excluding hydrogens is 478 g/mol. The summed E-state index contributed by atoms with van der Waals surface area (Å²) in [5, 5.41) is 12.7. The molecule has 1 saturated heterocycles. The molecular formula is C21H19BrF2N2O3S. The number of nitrogens with one attached hydrogen (secondary N) is 1. The lowest BCUT2D eigenvalue weighted by atomic mass is 9.75. The van der Waals surface area contributed by atoms with Gasteiger partial charge in [0.1, 0.15) is 17.2 Å². The van der Waals surface area contributed by atoms with Gasteiger partial charge in [-0.15, -0.1) is 0 Å². The maximum atomic E-state index is 14.9. The number of aliphatic imine (C=N–C) groups is 1. The van der Waals surface area contributed by atoms with Crippen LogP contribution in [0.2, 0.25) is 0 Å². The molecule has 0 aliphatic carbocycles. The summed E-state index contributed by atoms with van der Waals surface area (Å²) in [4.78, 5) is 17.3. The van der Waals surface area contributed by atoms with Crippen molar-refractivity contribution < 1.29 is 23.4 Å². The van der Waals surface area contributed by atoms with Crippen molar-refractivity contribution in [2.24, 2.45) is 10.9 Å². The van der Waals surface area contributed by atoms with Gasteiger partial charge < -0.3 is 15.2 Å². The Morgan fingerprint density at radius 3 is 2.80 bits per heavy atom. The van der Waals surface area contributed by atoms with E-state index in [9.17, 15) is 18.7 Å². The molecule has 2 aliphatic heterocycles. The smallest absolute Gasteiger partial charge is 0.257 e. The number of ether oxygens (including phenoxy) is 1. The van der Waals surface area contributed by atoms with E-state index in [0.717, 1.165) is 6.07 Å². The number of fused-ring (bicyclic) bond motifs is 1. The predicted octanol–water partition coefficient (Wildman–Crippen LogP) is 3.85. The van der Waals surface area contributed by atoms with Crippen LogP contribution in [-0.4, -0.2) is 41.3 Å². The topological polar surface area (TPSA) is 70.9 Å². The number of nitrogens with zero attached hydrogens (tertiary/aromatic N) is 1. The Bertz CT molecular complexity index is 992. The van der Waals surface area contributed by atoms with Crippen LogP contribution in [-0.2, 0) is 10.3 Å². The minimum atomic E-state index is -1.13. The van der Waals surface area contributed by atoms with Crippen LogP contribution in [0.25, 0.3) is 0 Å². The van der Waals surface area contributed by atoms with Gasteiger partial charge in [-0.05, 0) is 40.5 Å². The van der Waals surface area contributed by atoms with Crippen LogP contribution < -0.4 is 5.32 Å². The summed E-state index contributed by atoms with van der Waals surface area (Å²) in [6.45, 7) is -0.128. The predicted molar refractivity (Wildman–Crippen MR) is 114 cm³/mol. The van der Waals surface area contributed by atoms with Crippen LogP contribution in [0.5, 0.6) is 0 Å². The van der Waals surface area contributed by atoms with Gasteiger partial charge in [0.25, 0.3) is 5.91 Å². The number of rotatable bonds is 3. The van der Waals surface area contributed by atoms with E-state index in [-0.39, 0.29) is 41.2 Å². The van der Waals surface area contributed by atoms with Crippen LogP contribution in [0.3, 0.4) is 0 Å². The Labute approximate surface area is 185 Å². The third kappa shape index (κ3) is 4.03. The summed E-state index contributed by atoms with van der Waals surface area (Å²) in [7, 11) is 0. The van der Waals surface area contributed by atoms with Gasteiger partial charge >= 0.3 is 0 Å². The van der Waals surface area contributed by atoms with Gasteiger partial charge in [0.2, 0.25) is 0 Å². The molecule has 2 N–H and O–H groups in total. The highest BCUT2D eigenvalue weighted by molar-refractivity contribution is 9.10. The molecule has 3 unspecified atom stereocenters. The van der Waals surface area contributed by atoms with Gasteiger partial charge in [-0.3, -0.25) is 4.79 Å². The van der Waals surface area contributed by atoms with Crippen molar-refractivity contribution in [2.45, 2.75) is 18.1 Å². The van der Waals surface area contributed by atoms with Crippen LogP contribution in [0, 0.1) is 17.6 Å². The van der Waals surface area contributed by atoms with Crippen molar-refractivity contribution in [1.29, 1.82) is 0 Å². The first-order valence-electron chi connectivity index (χ1n) is 9.39. The number of hydrogen-bond donors (Lipinski definition) is 2. The Morgan fingerprint density at radius 1 is 1.30 bits per heavy atom. The standard InChI is InChI=1S/C21H19BrF2N2O3S/c22-16-7-15(17(23)8-18(16)24)21-11-29-14(9-27)6-13(21)10-30-20(26-21)25-19(28)12-4-2-1-3-5-12/h1-5,7-8,13-14,27H,6,9-11H2,(H,25,26,28). The van der Waals surface area contributed by atoms with E-state index >= 15 is 0 Å².